The number of hydrogen-bond donors (Lipinski definition) is 2. The molecule has 2 aromatic heterocycles. The number of thiazole rings is 1. The number of nitrogens with one attached hydrogen (secondary N) is 1. The van der Waals surface area contributed by atoms with Gasteiger partial charge in [-0.05, 0) is 23.8 Å². The highest BCUT2D eigenvalue weighted by Crippen LogP contribution is 2.53. The highest BCUT2D eigenvalue weighted by molar-refractivity contribution is 8.00. The summed E-state index contributed by atoms with van der Waals surface area (Å²) >= 11 is 7.81. The van der Waals surface area contributed by atoms with Crippen LogP contribution in [-0.2, 0) is 9.59 Å². The Morgan fingerprint density at radius 3 is 2.83 bits per heavy atom. The van der Waals surface area contributed by atoms with E-state index in [1.54, 1.807) is 18.5 Å². The van der Waals surface area contributed by atoms with E-state index in [1.165, 1.54) is 23.1 Å². The van der Waals surface area contributed by atoms with E-state index < -0.39 is 34.9 Å². The van der Waals surface area contributed by atoms with Gasteiger partial charge in [0.2, 0.25) is 5.91 Å². The van der Waals surface area contributed by atoms with Gasteiger partial charge in [-0.2, -0.15) is 4.90 Å². The Balaban J connectivity index is 1.91. The normalized spacial score (nSPS) is 25.5. The number of urea groups is 1. The van der Waals surface area contributed by atoms with Crippen molar-refractivity contribution < 1.29 is 14.4 Å². The Bertz CT molecular complexity index is 923. The zero-order valence-electron chi connectivity index (χ0n) is 12.0. The van der Waals surface area contributed by atoms with Gasteiger partial charge in [-0.3, -0.25) is 14.6 Å². The molecule has 122 valence electrons. The van der Waals surface area contributed by atoms with Gasteiger partial charge in [0.05, 0.1) is 10.9 Å². The molecule has 2 aromatic rings. The molecule has 0 radical (unpaired) electrons. The third-order valence-electron chi connectivity index (χ3n) is 4.09. The molecular weight excluding hydrogens is 368 g/mol. The lowest BCUT2D eigenvalue weighted by Gasteiger charge is -2.29. The first-order valence-electron chi connectivity index (χ1n) is 6.96. The molecule has 1 saturated heterocycles. The number of carbonyl (C=O) groups excluding carboxylic acids is 3. The molecule has 2 aliphatic rings. The Kier molecular flexibility index (Phi) is 3.55. The number of likely N-dealkylation sites (tertiary alicyclic amines) is 1. The fourth-order valence-corrected chi connectivity index (χ4v) is 6.11. The van der Waals surface area contributed by atoms with Crippen LogP contribution in [-0.4, -0.2) is 38.0 Å². The number of fused-ring (bicyclic) bond motifs is 2. The Morgan fingerprint density at radius 1 is 1.38 bits per heavy atom. The van der Waals surface area contributed by atoms with Crippen molar-refractivity contribution in [2.45, 2.75) is 16.2 Å². The lowest BCUT2D eigenvalue weighted by atomic mass is 9.84. The molecule has 0 aliphatic carbocycles. The van der Waals surface area contributed by atoms with Gasteiger partial charge < -0.3 is 10.7 Å². The number of carbonyl (C=O) groups is 3. The summed E-state index contributed by atoms with van der Waals surface area (Å²) in [5.41, 5.74) is 6.02. The SMILES string of the molecule is NC(=O)N1C(=O)C2Sc3[nH]c(=S)sc3C(c3cccnc3)C2C1=O. The summed E-state index contributed by atoms with van der Waals surface area (Å²) in [6.45, 7) is 0. The van der Waals surface area contributed by atoms with Crippen LogP contribution in [0.1, 0.15) is 16.4 Å². The van der Waals surface area contributed by atoms with Gasteiger partial charge in [-0.25, -0.2) is 4.79 Å². The van der Waals surface area contributed by atoms with Gasteiger partial charge in [0, 0.05) is 23.2 Å². The minimum absolute atomic E-state index is 0.390. The molecule has 0 bridgehead atoms. The second kappa shape index (κ2) is 5.50. The van der Waals surface area contributed by atoms with Crippen LogP contribution in [0.5, 0.6) is 0 Å². The van der Waals surface area contributed by atoms with E-state index in [-0.39, 0.29) is 0 Å². The van der Waals surface area contributed by atoms with Crippen LogP contribution in [0.3, 0.4) is 0 Å². The van der Waals surface area contributed by atoms with Crippen molar-refractivity contribution in [1.29, 1.82) is 0 Å². The summed E-state index contributed by atoms with van der Waals surface area (Å²) in [6, 6.07) is 2.58. The molecule has 0 aromatic carbocycles. The Labute approximate surface area is 149 Å². The standard InChI is InChI=1S/C14H10N4O3S3/c15-13(21)18-11(19)7-6(5-2-1-3-16-4-5)8-10(17-14(22)24-8)23-9(7)12(18)20/h1-4,6-7,9H,(H2,15,21)(H,17,22). The molecule has 4 heterocycles. The molecule has 3 N–H and O–H groups in total. The molecule has 1 fully saturated rings. The number of H-pyrrole nitrogens is 1. The van der Waals surface area contributed by atoms with Gasteiger partial charge in [-0.1, -0.05) is 17.8 Å². The molecule has 3 atom stereocenters. The fraction of sp³-hybridized carbons (Fsp3) is 0.214. The topological polar surface area (TPSA) is 109 Å². The summed E-state index contributed by atoms with van der Waals surface area (Å²) in [5.74, 6) is -2.23. The predicted molar refractivity (Wildman–Crippen MR) is 90.2 cm³/mol. The van der Waals surface area contributed by atoms with Crippen LogP contribution in [0.4, 0.5) is 4.79 Å². The highest BCUT2D eigenvalue weighted by atomic mass is 32.2. The lowest BCUT2D eigenvalue weighted by molar-refractivity contribution is -0.135. The molecule has 10 heteroatoms. The van der Waals surface area contributed by atoms with E-state index in [0.29, 0.717) is 8.85 Å². The van der Waals surface area contributed by atoms with E-state index in [2.05, 4.69) is 9.97 Å². The minimum atomic E-state index is -1.04. The van der Waals surface area contributed by atoms with Crippen molar-refractivity contribution in [2.24, 2.45) is 11.7 Å². The van der Waals surface area contributed by atoms with Crippen LogP contribution in [0, 0.1) is 9.87 Å². The number of pyridine rings is 1. The Morgan fingerprint density at radius 2 is 2.17 bits per heavy atom. The summed E-state index contributed by atoms with van der Waals surface area (Å²) < 4.78 is 0.577. The minimum Gasteiger partial charge on any atom is -0.351 e. The van der Waals surface area contributed by atoms with Crippen LogP contribution >= 0.6 is 35.3 Å². The monoisotopic (exact) mass is 378 g/mol. The zero-order valence-corrected chi connectivity index (χ0v) is 14.4. The molecule has 4 amide bonds. The maximum Gasteiger partial charge on any atom is 0.328 e. The summed E-state index contributed by atoms with van der Waals surface area (Å²) in [7, 11) is 0. The van der Waals surface area contributed by atoms with Gasteiger partial charge in [0.1, 0.15) is 5.25 Å². The van der Waals surface area contributed by atoms with Gasteiger partial charge in [0.15, 0.2) is 3.95 Å². The summed E-state index contributed by atoms with van der Waals surface area (Å²) in [5, 5.41) is 0.0514. The Hall–Kier alpha value is -2.04. The van der Waals surface area contributed by atoms with Crippen LogP contribution in [0.15, 0.2) is 29.6 Å². The number of amides is 4. The maximum atomic E-state index is 12.7. The van der Waals surface area contributed by atoms with Gasteiger partial charge >= 0.3 is 6.03 Å². The molecular formula is C14H10N4O3S3. The number of nitrogens with zero attached hydrogens (tertiary/aromatic N) is 2. The number of imide groups is 3. The maximum absolute atomic E-state index is 12.7. The van der Waals surface area contributed by atoms with E-state index in [4.69, 9.17) is 18.0 Å². The molecule has 0 saturated carbocycles. The molecule has 7 nitrogen and oxygen atoms in total. The fourth-order valence-electron chi connectivity index (χ4n) is 3.15. The number of thioether (sulfide) groups is 1. The number of primary amides is 1. The predicted octanol–water partition coefficient (Wildman–Crippen LogP) is 1.87. The summed E-state index contributed by atoms with van der Waals surface area (Å²) in [6.07, 6.45) is 3.30. The molecule has 24 heavy (non-hydrogen) atoms. The van der Waals surface area contributed by atoms with Crippen molar-refractivity contribution in [3.63, 3.8) is 0 Å². The zero-order chi connectivity index (χ0) is 17.0. The lowest BCUT2D eigenvalue weighted by Crippen LogP contribution is -2.41. The van der Waals surface area contributed by atoms with Crippen molar-refractivity contribution in [2.75, 3.05) is 0 Å². The third kappa shape index (κ3) is 2.14. The second-order valence-electron chi connectivity index (χ2n) is 5.39. The average Bonchev–Trinajstić information content (AvgIpc) is 3.03. The van der Waals surface area contributed by atoms with E-state index >= 15 is 0 Å². The molecule has 3 unspecified atom stereocenters. The number of aromatic nitrogens is 2. The largest absolute Gasteiger partial charge is 0.351 e. The number of aromatic amines is 1. The molecule has 4 rings (SSSR count). The molecule has 0 spiro atoms. The molecule has 2 aliphatic heterocycles. The first-order valence-corrected chi connectivity index (χ1v) is 9.06. The second-order valence-corrected chi connectivity index (χ2v) is 8.26. The van der Waals surface area contributed by atoms with Crippen molar-refractivity contribution >= 4 is 53.2 Å². The van der Waals surface area contributed by atoms with Gasteiger partial charge in [0.25, 0.3) is 5.91 Å². The quantitative estimate of drug-likeness (QED) is 0.579. The third-order valence-corrected chi connectivity index (χ3v) is 6.84. The van der Waals surface area contributed by atoms with Crippen molar-refractivity contribution in [3.05, 3.63) is 38.9 Å². The summed E-state index contributed by atoms with van der Waals surface area (Å²) in [4.78, 5) is 45.4. The average molecular weight is 378 g/mol. The number of hydrogen-bond acceptors (Lipinski definition) is 7. The first-order chi connectivity index (χ1) is 11.5. The smallest absolute Gasteiger partial charge is 0.328 e. The first kappa shape index (κ1) is 15.5. The van der Waals surface area contributed by atoms with E-state index in [0.717, 1.165) is 15.5 Å². The van der Waals surface area contributed by atoms with Crippen LogP contribution in [0.25, 0.3) is 0 Å². The number of rotatable bonds is 1. The van der Waals surface area contributed by atoms with Crippen LogP contribution in [0.2, 0.25) is 0 Å². The highest BCUT2D eigenvalue weighted by Gasteiger charge is 2.57. The van der Waals surface area contributed by atoms with Crippen LogP contribution < -0.4 is 5.73 Å². The number of nitrogens with two attached hydrogens (primary N) is 1. The van der Waals surface area contributed by atoms with E-state index in [1.807, 2.05) is 6.07 Å². The van der Waals surface area contributed by atoms with E-state index in [9.17, 15) is 14.4 Å². The van der Waals surface area contributed by atoms with Crippen molar-refractivity contribution in [3.8, 4) is 0 Å². The van der Waals surface area contributed by atoms with Crippen molar-refractivity contribution in [1.82, 2.24) is 14.9 Å². The van der Waals surface area contributed by atoms with Gasteiger partial charge in [-0.15, -0.1) is 11.3 Å².